The van der Waals surface area contributed by atoms with Crippen molar-refractivity contribution in [1.29, 1.82) is 0 Å². The van der Waals surface area contributed by atoms with Gasteiger partial charge in [0.2, 0.25) is 0 Å². The molecule has 60 valence electrons. The van der Waals surface area contributed by atoms with Gasteiger partial charge in [0.05, 0.1) is 0 Å². The highest BCUT2D eigenvalue weighted by molar-refractivity contribution is 5.63. The molecule has 0 aliphatic rings. The van der Waals surface area contributed by atoms with Crippen LogP contribution in [-0.2, 0) is 0 Å². The lowest BCUT2D eigenvalue weighted by Crippen LogP contribution is -1.81. The van der Waals surface area contributed by atoms with Crippen molar-refractivity contribution < 1.29 is 0 Å². The fourth-order valence-corrected chi connectivity index (χ4v) is 0.623. The molecular formula is C10H15N. The highest BCUT2D eigenvalue weighted by Gasteiger charge is 1.82. The van der Waals surface area contributed by atoms with Crippen LogP contribution in [0.1, 0.15) is 26.7 Å². The summed E-state index contributed by atoms with van der Waals surface area (Å²) in [6, 6.07) is 0. The number of allylic oxidation sites excluding steroid dienone is 1. The lowest BCUT2D eigenvalue weighted by Gasteiger charge is -1.88. The minimum atomic E-state index is 0.793. The van der Waals surface area contributed by atoms with Crippen LogP contribution in [0.2, 0.25) is 0 Å². The molecule has 0 atom stereocenters. The fourth-order valence-electron chi connectivity index (χ4n) is 0.623. The van der Waals surface area contributed by atoms with Gasteiger partial charge in [-0.05, 0) is 13.3 Å². The topological polar surface area (TPSA) is 12.4 Å². The summed E-state index contributed by atoms with van der Waals surface area (Å²) in [6.45, 7) is 8.61. The van der Waals surface area contributed by atoms with Gasteiger partial charge in [-0.15, -0.1) is 5.92 Å². The molecule has 0 unspecified atom stereocenters. The molecule has 0 saturated heterocycles. The molecule has 0 aromatic carbocycles. The van der Waals surface area contributed by atoms with Crippen molar-refractivity contribution in [3.05, 3.63) is 12.2 Å². The Kier molecular flexibility index (Phi) is 6.42. The van der Waals surface area contributed by atoms with Crippen LogP contribution in [0.15, 0.2) is 17.1 Å². The van der Waals surface area contributed by atoms with Crippen molar-refractivity contribution in [3.8, 4) is 11.8 Å². The first-order chi connectivity index (χ1) is 5.31. The average Bonchev–Trinajstić information content (AvgIpc) is 1.99. The number of rotatable bonds is 4. The van der Waals surface area contributed by atoms with Gasteiger partial charge >= 0.3 is 0 Å². The summed E-state index contributed by atoms with van der Waals surface area (Å²) in [7, 11) is 0. The third-order valence-electron chi connectivity index (χ3n) is 1.12. The second kappa shape index (κ2) is 7.08. The minimum absolute atomic E-state index is 0.793. The van der Waals surface area contributed by atoms with Gasteiger partial charge < -0.3 is 0 Å². The summed E-state index contributed by atoms with van der Waals surface area (Å²) in [5.41, 5.74) is 0.937. The van der Waals surface area contributed by atoms with E-state index in [0.29, 0.717) is 0 Å². The largest absolute Gasteiger partial charge is 0.297 e. The average molecular weight is 149 g/mol. The molecule has 0 amide bonds. The van der Waals surface area contributed by atoms with Crippen LogP contribution in [0.5, 0.6) is 0 Å². The zero-order valence-electron chi connectivity index (χ0n) is 7.35. The Morgan fingerprint density at radius 2 is 2.36 bits per heavy atom. The van der Waals surface area contributed by atoms with Crippen molar-refractivity contribution in [1.82, 2.24) is 0 Å². The van der Waals surface area contributed by atoms with Crippen LogP contribution in [-0.4, -0.2) is 12.8 Å². The predicted octanol–water partition coefficient (Wildman–Crippen LogP) is 2.44. The predicted molar refractivity (Wildman–Crippen MR) is 50.9 cm³/mol. The van der Waals surface area contributed by atoms with Gasteiger partial charge in [0.15, 0.2) is 0 Å². The van der Waals surface area contributed by atoms with E-state index in [4.69, 9.17) is 0 Å². The number of nitrogens with zero attached hydrogens (tertiary/aromatic N) is 1. The first-order valence-corrected chi connectivity index (χ1v) is 3.90. The molecule has 0 heterocycles. The Morgan fingerprint density at radius 1 is 1.64 bits per heavy atom. The summed E-state index contributed by atoms with van der Waals surface area (Å²) >= 11 is 0. The van der Waals surface area contributed by atoms with E-state index in [-0.39, 0.29) is 0 Å². The normalized spacial score (nSPS) is 9.27. The van der Waals surface area contributed by atoms with Gasteiger partial charge in [-0.2, -0.15) is 0 Å². The van der Waals surface area contributed by atoms with Crippen molar-refractivity contribution in [2.45, 2.75) is 26.7 Å². The first kappa shape index (κ1) is 9.97. The quantitative estimate of drug-likeness (QED) is 0.430. The third-order valence-corrected chi connectivity index (χ3v) is 1.12. The highest BCUT2D eigenvalue weighted by Crippen LogP contribution is 1.91. The number of hydrogen-bond donors (Lipinski definition) is 0. The Labute approximate surface area is 69.2 Å². The van der Waals surface area contributed by atoms with Crippen molar-refractivity contribution >= 4 is 6.21 Å². The molecule has 0 rings (SSSR count). The molecule has 1 heteroatoms. The van der Waals surface area contributed by atoms with Crippen LogP contribution >= 0.6 is 0 Å². The summed E-state index contributed by atoms with van der Waals surface area (Å²) in [4.78, 5) is 4.16. The minimum Gasteiger partial charge on any atom is -0.297 e. The molecule has 0 aliphatic carbocycles. The van der Waals surface area contributed by atoms with E-state index in [0.717, 1.165) is 25.0 Å². The van der Waals surface area contributed by atoms with Gasteiger partial charge in [0.1, 0.15) is 0 Å². The number of hydrogen-bond acceptors (Lipinski definition) is 1. The molecule has 1 nitrogen and oxygen atoms in total. The Bertz CT molecular complexity index is 191. The fraction of sp³-hybridized carbons (Fsp3) is 0.500. The molecule has 0 spiro atoms. The van der Waals surface area contributed by atoms with E-state index < -0.39 is 0 Å². The Balaban J connectivity index is 3.50. The Morgan fingerprint density at radius 3 is 2.91 bits per heavy atom. The second-order valence-electron chi connectivity index (χ2n) is 2.27. The summed E-state index contributed by atoms with van der Waals surface area (Å²) in [5, 5.41) is 0. The monoisotopic (exact) mass is 149 g/mol. The van der Waals surface area contributed by atoms with Gasteiger partial charge in [-0.1, -0.05) is 19.4 Å². The van der Waals surface area contributed by atoms with E-state index in [1.54, 1.807) is 0 Å². The maximum Gasteiger partial charge on any atom is 0.0382 e. The van der Waals surface area contributed by atoms with Crippen LogP contribution in [0.4, 0.5) is 0 Å². The molecule has 0 aliphatic heterocycles. The Hall–Kier alpha value is -1.03. The summed E-state index contributed by atoms with van der Waals surface area (Å²) in [5.74, 6) is 5.68. The SMILES string of the molecule is C=C(C#CC)CC=NCCC. The maximum atomic E-state index is 4.16. The van der Waals surface area contributed by atoms with Gasteiger partial charge in [0.25, 0.3) is 0 Å². The molecule has 0 bridgehead atoms. The van der Waals surface area contributed by atoms with Crippen molar-refractivity contribution in [2.24, 2.45) is 4.99 Å². The molecule has 11 heavy (non-hydrogen) atoms. The lowest BCUT2D eigenvalue weighted by molar-refractivity contribution is 0.934. The molecule has 0 aromatic rings. The van der Waals surface area contributed by atoms with Crippen LogP contribution in [0, 0.1) is 11.8 Å². The molecule has 0 saturated carbocycles. The van der Waals surface area contributed by atoms with Crippen LogP contribution in [0.3, 0.4) is 0 Å². The van der Waals surface area contributed by atoms with Gasteiger partial charge in [-0.3, -0.25) is 4.99 Å². The first-order valence-electron chi connectivity index (χ1n) is 3.90. The van der Waals surface area contributed by atoms with E-state index in [2.05, 4.69) is 30.3 Å². The molecule has 0 fully saturated rings. The van der Waals surface area contributed by atoms with Gasteiger partial charge in [-0.25, -0.2) is 0 Å². The van der Waals surface area contributed by atoms with Crippen molar-refractivity contribution in [2.75, 3.05) is 6.54 Å². The molecule has 0 N–H and O–H groups in total. The molecule has 0 aromatic heterocycles. The summed E-state index contributed by atoms with van der Waals surface area (Å²) in [6.07, 6.45) is 3.78. The van der Waals surface area contributed by atoms with Gasteiger partial charge in [0, 0.05) is 24.8 Å². The van der Waals surface area contributed by atoms with Crippen molar-refractivity contribution in [3.63, 3.8) is 0 Å². The van der Waals surface area contributed by atoms with E-state index in [1.165, 1.54) is 0 Å². The zero-order valence-corrected chi connectivity index (χ0v) is 7.35. The van der Waals surface area contributed by atoms with Crippen LogP contribution in [0.25, 0.3) is 0 Å². The smallest absolute Gasteiger partial charge is 0.0382 e. The van der Waals surface area contributed by atoms with E-state index in [1.807, 2.05) is 13.1 Å². The zero-order chi connectivity index (χ0) is 8.53. The standard InChI is InChI=1S/C10H15N/c1-4-6-10(3)7-9-11-8-5-2/h9H,3,5,7-8H2,1-2H3. The maximum absolute atomic E-state index is 4.16. The molecule has 0 radical (unpaired) electrons. The lowest BCUT2D eigenvalue weighted by atomic mass is 10.2. The molecular weight excluding hydrogens is 134 g/mol. The van der Waals surface area contributed by atoms with Crippen LogP contribution < -0.4 is 0 Å². The van der Waals surface area contributed by atoms with E-state index >= 15 is 0 Å². The summed E-state index contributed by atoms with van der Waals surface area (Å²) < 4.78 is 0. The number of aliphatic imine (C=N–C) groups is 1. The third kappa shape index (κ3) is 6.86. The van der Waals surface area contributed by atoms with E-state index in [9.17, 15) is 0 Å². The highest BCUT2D eigenvalue weighted by atomic mass is 14.7. The second-order valence-corrected chi connectivity index (χ2v) is 2.27.